The molecule has 1 heterocycles. The number of nitrogens with one attached hydrogen (secondary N) is 1. The number of ether oxygens (including phenoxy) is 2. The predicted octanol–water partition coefficient (Wildman–Crippen LogP) is 1.67. The first-order valence-corrected chi connectivity index (χ1v) is 7.18. The van der Waals surface area contributed by atoms with E-state index in [1.165, 1.54) is 18.3 Å². The van der Waals surface area contributed by atoms with Crippen LogP contribution in [0.4, 0.5) is 0 Å². The molecule has 2 aromatic carbocycles. The van der Waals surface area contributed by atoms with Gasteiger partial charge in [-0.05, 0) is 29.8 Å². The van der Waals surface area contributed by atoms with Crippen LogP contribution >= 0.6 is 0 Å². The Morgan fingerprint density at radius 3 is 2.54 bits per heavy atom. The Balaban J connectivity index is 1.57. The lowest BCUT2D eigenvalue weighted by Gasteiger charge is -2.24. The van der Waals surface area contributed by atoms with E-state index in [1.54, 1.807) is 30.3 Å². The molecular weight excluding hydrogens is 312 g/mol. The van der Waals surface area contributed by atoms with Gasteiger partial charge in [0.25, 0.3) is 5.91 Å². The summed E-state index contributed by atoms with van der Waals surface area (Å²) in [6, 6.07) is 13.2. The van der Waals surface area contributed by atoms with E-state index in [2.05, 4.69) is 10.5 Å². The second-order valence-corrected chi connectivity index (χ2v) is 5.03. The molecule has 122 valence electrons. The fraction of sp³-hybridized carbons (Fsp3) is 0.118. The lowest BCUT2D eigenvalue weighted by atomic mass is 10.1. The zero-order valence-corrected chi connectivity index (χ0v) is 12.5. The standard InChI is InChI=1S/C17H14N2O5/c20-16(15-10-23-13-3-1-2-4-14(13)24-15)19-18-9-11-5-7-12(8-6-11)17(21)22/h1-9,15H,10H2,(H,19,20)(H,21,22)/t15-/m0/s1. The van der Waals surface area contributed by atoms with Crippen LogP contribution in [0.25, 0.3) is 0 Å². The minimum atomic E-state index is -0.999. The van der Waals surface area contributed by atoms with E-state index in [4.69, 9.17) is 14.6 Å². The van der Waals surface area contributed by atoms with E-state index in [-0.39, 0.29) is 12.2 Å². The molecule has 0 unspecified atom stereocenters. The van der Waals surface area contributed by atoms with Crippen molar-refractivity contribution in [2.75, 3.05) is 6.61 Å². The first-order chi connectivity index (χ1) is 11.6. The summed E-state index contributed by atoms with van der Waals surface area (Å²) in [6.45, 7) is 0.103. The molecule has 7 heteroatoms. The van der Waals surface area contributed by atoms with Crippen LogP contribution < -0.4 is 14.9 Å². The predicted molar refractivity (Wildman–Crippen MR) is 85.5 cm³/mol. The summed E-state index contributed by atoms with van der Waals surface area (Å²) in [7, 11) is 0. The van der Waals surface area contributed by atoms with E-state index >= 15 is 0 Å². The van der Waals surface area contributed by atoms with Gasteiger partial charge in [0.15, 0.2) is 11.5 Å². The molecule has 7 nitrogen and oxygen atoms in total. The summed E-state index contributed by atoms with van der Waals surface area (Å²) in [4.78, 5) is 22.8. The average Bonchev–Trinajstić information content (AvgIpc) is 2.61. The second kappa shape index (κ2) is 6.82. The van der Waals surface area contributed by atoms with Crippen LogP contribution in [0.5, 0.6) is 11.5 Å². The van der Waals surface area contributed by atoms with Gasteiger partial charge < -0.3 is 14.6 Å². The van der Waals surface area contributed by atoms with Crippen molar-refractivity contribution in [1.29, 1.82) is 0 Å². The van der Waals surface area contributed by atoms with Crippen molar-refractivity contribution in [2.24, 2.45) is 5.10 Å². The maximum absolute atomic E-state index is 12.0. The molecule has 2 N–H and O–H groups in total. The van der Waals surface area contributed by atoms with Crippen LogP contribution in [-0.2, 0) is 4.79 Å². The highest BCUT2D eigenvalue weighted by Crippen LogP contribution is 2.30. The maximum Gasteiger partial charge on any atom is 0.335 e. The largest absolute Gasteiger partial charge is 0.485 e. The molecule has 0 aromatic heterocycles. The number of amides is 1. The summed E-state index contributed by atoms with van der Waals surface area (Å²) in [5.74, 6) is -0.315. The van der Waals surface area contributed by atoms with Crippen molar-refractivity contribution >= 4 is 18.1 Å². The van der Waals surface area contributed by atoms with Gasteiger partial charge in [0.2, 0.25) is 6.10 Å². The molecule has 1 aliphatic rings. The third-order valence-corrected chi connectivity index (χ3v) is 3.35. The van der Waals surface area contributed by atoms with E-state index < -0.39 is 18.0 Å². The first kappa shape index (κ1) is 15.5. The molecule has 0 fully saturated rings. The maximum atomic E-state index is 12.0. The molecular formula is C17H14N2O5. The smallest absolute Gasteiger partial charge is 0.335 e. The van der Waals surface area contributed by atoms with E-state index in [9.17, 15) is 9.59 Å². The number of carbonyl (C=O) groups is 2. The van der Waals surface area contributed by atoms with Crippen molar-refractivity contribution < 1.29 is 24.2 Å². The Labute approximate surface area is 137 Å². The molecule has 0 saturated heterocycles. The van der Waals surface area contributed by atoms with Gasteiger partial charge in [-0.3, -0.25) is 4.79 Å². The third-order valence-electron chi connectivity index (χ3n) is 3.35. The number of benzene rings is 2. The molecule has 0 spiro atoms. The van der Waals surface area contributed by atoms with Crippen molar-refractivity contribution in [3.8, 4) is 11.5 Å². The lowest BCUT2D eigenvalue weighted by Crippen LogP contribution is -2.42. The van der Waals surface area contributed by atoms with Gasteiger partial charge in [-0.15, -0.1) is 0 Å². The SMILES string of the molecule is O=C(O)c1ccc(C=NNC(=O)[C@@H]2COc3ccccc3O2)cc1. The van der Waals surface area contributed by atoms with Gasteiger partial charge in [-0.2, -0.15) is 5.10 Å². The van der Waals surface area contributed by atoms with Crippen LogP contribution in [0.3, 0.4) is 0 Å². The number of hydrazone groups is 1. The Bertz CT molecular complexity index is 786. The Hall–Kier alpha value is -3.35. The monoisotopic (exact) mass is 326 g/mol. The summed E-state index contributed by atoms with van der Waals surface area (Å²) in [5, 5.41) is 12.7. The molecule has 1 amide bonds. The molecule has 2 aromatic rings. The van der Waals surface area contributed by atoms with Crippen LogP contribution in [0.2, 0.25) is 0 Å². The Kier molecular flexibility index (Phi) is 4.42. The molecule has 0 radical (unpaired) electrons. The van der Waals surface area contributed by atoms with E-state index in [1.807, 2.05) is 6.07 Å². The molecule has 0 bridgehead atoms. The minimum Gasteiger partial charge on any atom is -0.485 e. The molecule has 1 atom stereocenters. The van der Waals surface area contributed by atoms with Gasteiger partial charge in [-0.1, -0.05) is 24.3 Å². The summed E-state index contributed by atoms with van der Waals surface area (Å²) < 4.78 is 11.0. The van der Waals surface area contributed by atoms with Crippen LogP contribution in [-0.4, -0.2) is 35.9 Å². The number of rotatable bonds is 4. The number of fused-ring (bicyclic) bond motifs is 1. The summed E-state index contributed by atoms with van der Waals surface area (Å²) >= 11 is 0. The van der Waals surface area contributed by atoms with Crippen molar-refractivity contribution in [1.82, 2.24) is 5.43 Å². The van der Waals surface area contributed by atoms with Crippen LogP contribution in [0, 0.1) is 0 Å². The number of carboxylic acid groups (broad SMARTS) is 1. The number of aromatic carboxylic acids is 1. The average molecular weight is 326 g/mol. The Morgan fingerprint density at radius 1 is 1.12 bits per heavy atom. The second-order valence-electron chi connectivity index (χ2n) is 5.03. The number of carboxylic acids is 1. The normalized spacial score (nSPS) is 15.9. The number of hydrogen-bond acceptors (Lipinski definition) is 5. The highest BCUT2D eigenvalue weighted by molar-refractivity contribution is 5.89. The summed E-state index contributed by atoms with van der Waals surface area (Å²) in [6.07, 6.45) is 0.632. The Morgan fingerprint density at radius 2 is 1.83 bits per heavy atom. The van der Waals surface area contributed by atoms with Crippen molar-refractivity contribution in [3.63, 3.8) is 0 Å². The zero-order valence-electron chi connectivity index (χ0n) is 12.5. The van der Waals surface area contributed by atoms with E-state index in [0.717, 1.165) is 0 Å². The molecule has 3 rings (SSSR count). The molecule has 0 aliphatic carbocycles. The van der Waals surface area contributed by atoms with Crippen LogP contribution in [0.1, 0.15) is 15.9 Å². The van der Waals surface area contributed by atoms with Crippen molar-refractivity contribution in [2.45, 2.75) is 6.10 Å². The van der Waals surface area contributed by atoms with E-state index in [0.29, 0.717) is 17.1 Å². The fourth-order valence-electron chi connectivity index (χ4n) is 2.10. The zero-order chi connectivity index (χ0) is 16.9. The summed E-state index contributed by atoms with van der Waals surface area (Å²) in [5.41, 5.74) is 3.22. The minimum absolute atomic E-state index is 0.103. The van der Waals surface area contributed by atoms with Gasteiger partial charge in [-0.25, -0.2) is 10.2 Å². The van der Waals surface area contributed by atoms with Crippen molar-refractivity contribution in [3.05, 3.63) is 59.7 Å². The van der Waals surface area contributed by atoms with Gasteiger partial charge in [0.05, 0.1) is 11.8 Å². The van der Waals surface area contributed by atoms with Gasteiger partial charge >= 0.3 is 5.97 Å². The fourth-order valence-corrected chi connectivity index (χ4v) is 2.10. The number of para-hydroxylation sites is 2. The molecule has 24 heavy (non-hydrogen) atoms. The highest BCUT2D eigenvalue weighted by atomic mass is 16.6. The third kappa shape index (κ3) is 3.52. The highest BCUT2D eigenvalue weighted by Gasteiger charge is 2.26. The first-order valence-electron chi connectivity index (χ1n) is 7.18. The molecule has 1 aliphatic heterocycles. The lowest BCUT2D eigenvalue weighted by molar-refractivity contribution is -0.130. The quantitative estimate of drug-likeness (QED) is 0.658. The number of carbonyl (C=O) groups excluding carboxylic acids is 1. The molecule has 0 saturated carbocycles. The topological polar surface area (TPSA) is 97.2 Å². The van der Waals surface area contributed by atoms with Gasteiger partial charge in [0.1, 0.15) is 6.61 Å². The number of hydrogen-bond donors (Lipinski definition) is 2. The number of nitrogens with zero attached hydrogens (tertiary/aromatic N) is 1. The van der Waals surface area contributed by atoms with Crippen LogP contribution in [0.15, 0.2) is 53.6 Å². The van der Waals surface area contributed by atoms with Gasteiger partial charge in [0, 0.05) is 0 Å².